The third-order valence-corrected chi connectivity index (χ3v) is 4.59. The van der Waals surface area contributed by atoms with E-state index >= 15 is 0 Å². The molecule has 150 valence electrons. The average Bonchev–Trinajstić information content (AvgIpc) is 3.18. The molecular weight excluding hydrogens is 370 g/mol. The predicted octanol–water partition coefficient (Wildman–Crippen LogP) is 2.89. The maximum absolute atomic E-state index is 13.1. The number of carbonyl (C=O) groups is 2. The molecule has 1 atom stereocenters. The molecule has 0 spiro atoms. The van der Waals surface area contributed by atoms with Crippen LogP contribution in [-0.2, 0) is 11.3 Å². The van der Waals surface area contributed by atoms with Crippen molar-refractivity contribution in [2.24, 2.45) is 5.92 Å². The number of benzene rings is 2. The van der Waals surface area contributed by atoms with Crippen LogP contribution in [0.2, 0.25) is 0 Å². The zero-order chi connectivity index (χ0) is 21.0. The molecule has 29 heavy (non-hydrogen) atoms. The second-order valence-corrected chi connectivity index (χ2v) is 7.18. The Bertz CT molecular complexity index is 983. The third-order valence-electron chi connectivity index (χ3n) is 4.59. The highest BCUT2D eigenvalue weighted by molar-refractivity contribution is 5.87. The van der Waals surface area contributed by atoms with Gasteiger partial charge in [0.25, 0.3) is 0 Å². The molecule has 1 heterocycles. The SMILES string of the molecule is CC(C)C(C(=O)N(C)Cc1ccc(C(=O)O)cc1)n1nnc(-c2ccccc2)n1. The number of nitrogens with zero attached hydrogens (tertiary/aromatic N) is 5. The fourth-order valence-electron chi connectivity index (χ4n) is 3.03. The number of tetrazole rings is 1. The number of rotatable bonds is 7. The minimum Gasteiger partial charge on any atom is -0.478 e. The Balaban J connectivity index is 1.77. The molecule has 3 rings (SSSR count). The smallest absolute Gasteiger partial charge is 0.335 e. The van der Waals surface area contributed by atoms with Gasteiger partial charge in [-0.25, -0.2) is 4.79 Å². The van der Waals surface area contributed by atoms with Gasteiger partial charge < -0.3 is 10.0 Å². The van der Waals surface area contributed by atoms with Crippen molar-refractivity contribution in [1.82, 2.24) is 25.1 Å². The van der Waals surface area contributed by atoms with Crippen molar-refractivity contribution < 1.29 is 14.7 Å². The van der Waals surface area contributed by atoms with Crippen molar-refractivity contribution in [3.63, 3.8) is 0 Å². The van der Waals surface area contributed by atoms with Crippen LogP contribution in [0.15, 0.2) is 54.6 Å². The van der Waals surface area contributed by atoms with Gasteiger partial charge in [-0.3, -0.25) is 4.79 Å². The number of carboxylic acid groups (broad SMARTS) is 1. The van der Waals surface area contributed by atoms with Gasteiger partial charge in [0.1, 0.15) is 0 Å². The molecule has 8 heteroatoms. The summed E-state index contributed by atoms with van der Waals surface area (Å²) in [6, 6.07) is 15.4. The lowest BCUT2D eigenvalue weighted by molar-refractivity contribution is -0.136. The lowest BCUT2D eigenvalue weighted by Crippen LogP contribution is -2.37. The van der Waals surface area contributed by atoms with Crippen LogP contribution in [0.5, 0.6) is 0 Å². The largest absolute Gasteiger partial charge is 0.478 e. The minimum absolute atomic E-state index is 0.0443. The highest BCUT2D eigenvalue weighted by Crippen LogP contribution is 2.21. The van der Waals surface area contributed by atoms with E-state index in [9.17, 15) is 9.59 Å². The number of aromatic nitrogens is 4. The lowest BCUT2D eigenvalue weighted by Gasteiger charge is -2.25. The number of carboxylic acids is 1. The molecule has 0 fully saturated rings. The zero-order valence-electron chi connectivity index (χ0n) is 16.6. The number of carbonyl (C=O) groups excluding carboxylic acids is 1. The van der Waals surface area contributed by atoms with Crippen molar-refractivity contribution in [2.45, 2.75) is 26.4 Å². The molecule has 3 aromatic rings. The highest BCUT2D eigenvalue weighted by Gasteiger charge is 2.29. The fraction of sp³-hybridized carbons (Fsp3) is 0.286. The summed E-state index contributed by atoms with van der Waals surface area (Å²) in [4.78, 5) is 27.1. The topological polar surface area (TPSA) is 101 Å². The Kier molecular flexibility index (Phi) is 6.01. The molecule has 8 nitrogen and oxygen atoms in total. The summed E-state index contributed by atoms with van der Waals surface area (Å²) in [5.74, 6) is -0.695. The highest BCUT2D eigenvalue weighted by atomic mass is 16.4. The second-order valence-electron chi connectivity index (χ2n) is 7.18. The molecule has 1 aromatic heterocycles. The van der Waals surface area contributed by atoms with Gasteiger partial charge >= 0.3 is 5.97 Å². The van der Waals surface area contributed by atoms with Gasteiger partial charge in [0.2, 0.25) is 11.7 Å². The van der Waals surface area contributed by atoms with Crippen LogP contribution < -0.4 is 0 Å². The van der Waals surface area contributed by atoms with Crippen LogP contribution in [0, 0.1) is 5.92 Å². The number of likely N-dealkylation sites (N-methyl/N-ethyl adjacent to an activating group) is 1. The Hall–Kier alpha value is -3.55. The van der Waals surface area contributed by atoms with E-state index in [0.29, 0.717) is 12.4 Å². The van der Waals surface area contributed by atoms with E-state index in [-0.39, 0.29) is 17.4 Å². The molecule has 0 radical (unpaired) electrons. The first-order valence-electron chi connectivity index (χ1n) is 9.29. The molecule has 0 aliphatic heterocycles. The summed E-state index contributed by atoms with van der Waals surface area (Å²) in [5, 5.41) is 21.6. The molecular formula is C21H23N5O3. The standard InChI is InChI=1S/C21H23N5O3/c1-14(2)18(26-23-19(22-24-26)16-7-5-4-6-8-16)20(27)25(3)13-15-9-11-17(12-10-15)21(28)29/h4-12,14,18H,13H2,1-3H3,(H,28,29). The molecule has 0 aliphatic carbocycles. The first kappa shape index (κ1) is 20.2. The second kappa shape index (κ2) is 8.64. The molecule has 2 aromatic carbocycles. The van der Waals surface area contributed by atoms with E-state index in [4.69, 9.17) is 5.11 Å². The van der Waals surface area contributed by atoms with Crippen LogP contribution >= 0.6 is 0 Å². The molecule has 0 saturated heterocycles. The number of amides is 1. The first-order valence-corrected chi connectivity index (χ1v) is 9.29. The normalized spacial score (nSPS) is 12.0. The average molecular weight is 393 g/mol. The van der Waals surface area contributed by atoms with Gasteiger partial charge in [-0.15, -0.1) is 10.2 Å². The predicted molar refractivity (Wildman–Crippen MR) is 107 cm³/mol. The summed E-state index contributed by atoms with van der Waals surface area (Å²) in [6.07, 6.45) is 0. The molecule has 0 saturated carbocycles. The Morgan fingerprint density at radius 1 is 1.07 bits per heavy atom. The fourth-order valence-corrected chi connectivity index (χ4v) is 3.03. The van der Waals surface area contributed by atoms with Gasteiger partial charge in [0.05, 0.1) is 5.56 Å². The zero-order valence-corrected chi connectivity index (χ0v) is 16.6. The van der Waals surface area contributed by atoms with E-state index in [1.165, 1.54) is 16.9 Å². The van der Waals surface area contributed by atoms with Crippen molar-refractivity contribution in [3.8, 4) is 11.4 Å². The maximum atomic E-state index is 13.1. The van der Waals surface area contributed by atoms with Crippen LogP contribution in [0.25, 0.3) is 11.4 Å². The van der Waals surface area contributed by atoms with Crippen LogP contribution in [0.4, 0.5) is 0 Å². The molecule has 1 unspecified atom stereocenters. The van der Waals surface area contributed by atoms with E-state index in [0.717, 1.165) is 11.1 Å². The van der Waals surface area contributed by atoms with Gasteiger partial charge in [-0.2, -0.15) is 4.80 Å². The third kappa shape index (κ3) is 4.66. The maximum Gasteiger partial charge on any atom is 0.335 e. The summed E-state index contributed by atoms with van der Waals surface area (Å²) in [6.45, 7) is 4.22. The van der Waals surface area contributed by atoms with Gasteiger partial charge in [0.15, 0.2) is 6.04 Å². The summed E-state index contributed by atoms with van der Waals surface area (Å²) in [7, 11) is 1.71. The van der Waals surface area contributed by atoms with Crippen molar-refractivity contribution >= 4 is 11.9 Å². The number of hydrogen-bond donors (Lipinski definition) is 1. The Morgan fingerprint density at radius 3 is 2.31 bits per heavy atom. The van der Waals surface area contributed by atoms with Crippen LogP contribution in [0.1, 0.15) is 35.8 Å². The monoisotopic (exact) mass is 393 g/mol. The van der Waals surface area contributed by atoms with E-state index in [2.05, 4.69) is 15.4 Å². The molecule has 0 aliphatic rings. The van der Waals surface area contributed by atoms with Crippen LogP contribution in [0.3, 0.4) is 0 Å². The van der Waals surface area contributed by atoms with Gasteiger partial charge in [0, 0.05) is 19.2 Å². The van der Waals surface area contributed by atoms with E-state index in [1.807, 2.05) is 44.2 Å². The summed E-state index contributed by atoms with van der Waals surface area (Å²) < 4.78 is 0. The summed E-state index contributed by atoms with van der Waals surface area (Å²) in [5.41, 5.74) is 1.88. The molecule has 1 amide bonds. The molecule has 1 N–H and O–H groups in total. The number of aromatic carboxylic acids is 1. The van der Waals surface area contributed by atoms with Crippen LogP contribution in [-0.4, -0.2) is 49.1 Å². The van der Waals surface area contributed by atoms with Gasteiger partial charge in [-0.05, 0) is 28.8 Å². The summed E-state index contributed by atoms with van der Waals surface area (Å²) >= 11 is 0. The quantitative estimate of drug-likeness (QED) is 0.662. The minimum atomic E-state index is -0.979. The lowest BCUT2D eigenvalue weighted by atomic mass is 10.0. The van der Waals surface area contributed by atoms with Crippen molar-refractivity contribution in [1.29, 1.82) is 0 Å². The molecule has 0 bridgehead atoms. The van der Waals surface area contributed by atoms with E-state index < -0.39 is 12.0 Å². The van der Waals surface area contributed by atoms with E-state index in [1.54, 1.807) is 24.1 Å². The number of hydrogen-bond acceptors (Lipinski definition) is 5. The Morgan fingerprint density at radius 2 is 1.72 bits per heavy atom. The Labute approximate surface area is 168 Å². The van der Waals surface area contributed by atoms with Crippen molar-refractivity contribution in [3.05, 3.63) is 65.7 Å². The van der Waals surface area contributed by atoms with Gasteiger partial charge in [-0.1, -0.05) is 56.3 Å². The van der Waals surface area contributed by atoms with Crippen molar-refractivity contribution in [2.75, 3.05) is 7.05 Å². The first-order chi connectivity index (χ1) is 13.9.